The molecule has 17 heavy (non-hydrogen) atoms. The van der Waals surface area contributed by atoms with Gasteiger partial charge in [-0.05, 0) is 13.8 Å². The summed E-state index contributed by atoms with van der Waals surface area (Å²) in [6.07, 6.45) is -2.52. The molecule has 2 unspecified atom stereocenters. The summed E-state index contributed by atoms with van der Waals surface area (Å²) in [5, 5.41) is 18.1. The fraction of sp³-hybridized carbons (Fsp3) is 0.700. The van der Waals surface area contributed by atoms with E-state index in [4.69, 9.17) is 5.11 Å². The lowest BCUT2D eigenvalue weighted by atomic mass is 9.99. The van der Waals surface area contributed by atoms with Gasteiger partial charge in [0.2, 0.25) is 0 Å². The van der Waals surface area contributed by atoms with Crippen molar-refractivity contribution in [3.05, 3.63) is 0 Å². The molecule has 0 spiro atoms. The van der Waals surface area contributed by atoms with Gasteiger partial charge in [0.05, 0.1) is 19.6 Å². The number of ether oxygens (including phenoxy) is 2. The first kappa shape index (κ1) is 15.4. The molecule has 0 bridgehead atoms. The zero-order chi connectivity index (χ0) is 13.4. The van der Waals surface area contributed by atoms with Gasteiger partial charge in [0.1, 0.15) is 5.92 Å². The Morgan fingerprint density at radius 3 is 1.94 bits per heavy atom. The van der Waals surface area contributed by atoms with Crippen LogP contribution in [0.5, 0.6) is 0 Å². The number of hydrogen-bond donors (Lipinski definition) is 2. The van der Waals surface area contributed by atoms with Gasteiger partial charge >= 0.3 is 17.9 Å². The van der Waals surface area contributed by atoms with Crippen molar-refractivity contribution >= 4 is 17.9 Å². The molecule has 98 valence electrons. The molecule has 0 aliphatic carbocycles. The molecule has 0 aromatic rings. The van der Waals surface area contributed by atoms with Crippen LogP contribution in [0.1, 0.15) is 20.3 Å². The smallest absolute Gasteiger partial charge is 0.335 e. The molecule has 0 aliphatic rings. The predicted molar refractivity (Wildman–Crippen MR) is 55.0 cm³/mol. The highest BCUT2D eigenvalue weighted by atomic mass is 16.6. The molecule has 7 nitrogen and oxygen atoms in total. The Balaban J connectivity index is 4.71. The number of esters is 2. The Kier molecular flexibility index (Phi) is 6.88. The molecule has 0 saturated carbocycles. The maximum Gasteiger partial charge on any atom is 0.335 e. The largest absolute Gasteiger partial charge is 0.481 e. The molecule has 7 heteroatoms. The van der Waals surface area contributed by atoms with Crippen molar-refractivity contribution in [1.29, 1.82) is 0 Å². The Morgan fingerprint density at radius 2 is 1.53 bits per heavy atom. The highest BCUT2D eigenvalue weighted by Gasteiger charge is 2.36. The van der Waals surface area contributed by atoms with Crippen LogP contribution in [-0.2, 0) is 23.9 Å². The Morgan fingerprint density at radius 1 is 1.06 bits per heavy atom. The molecule has 0 fully saturated rings. The second-order valence-electron chi connectivity index (χ2n) is 3.15. The van der Waals surface area contributed by atoms with E-state index in [-0.39, 0.29) is 13.2 Å². The van der Waals surface area contributed by atoms with Crippen LogP contribution in [-0.4, -0.2) is 47.4 Å². The van der Waals surface area contributed by atoms with Crippen LogP contribution in [0.2, 0.25) is 0 Å². The fourth-order valence-corrected chi connectivity index (χ4v) is 1.15. The fourth-order valence-electron chi connectivity index (χ4n) is 1.15. The molecule has 0 heterocycles. The van der Waals surface area contributed by atoms with Gasteiger partial charge in [0.25, 0.3) is 0 Å². The number of aliphatic hydroxyl groups is 1. The molecule has 0 radical (unpaired) electrons. The number of aliphatic hydroxyl groups excluding tert-OH is 1. The quantitative estimate of drug-likeness (QED) is 0.588. The van der Waals surface area contributed by atoms with E-state index in [2.05, 4.69) is 9.47 Å². The van der Waals surface area contributed by atoms with Gasteiger partial charge in [-0.1, -0.05) is 0 Å². The number of rotatable bonds is 7. The van der Waals surface area contributed by atoms with Crippen LogP contribution in [0.4, 0.5) is 0 Å². The van der Waals surface area contributed by atoms with Gasteiger partial charge < -0.3 is 19.7 Å². The van der Waals surface area contributed by atoms with Crippen LogP contribution in [0.15, 0.2) is 0 Å². The number of carboxylic acids is 1. The Hall–Kier alpha value is -1.63. The zero-order valence-electron chi connectivity index (χ0n) is 9.71. The van der Waals surface area contributed by atoms with Gasteiger partial charge in [0, 0.05) is 0 Å². The minimum Gasteiger partial charge on any atom is -0.481 e. The first-order chi connectivity index (χ1) is 7.93. The van der Waals surface area contributed by atoms with Crippen LogP contribution in [0.3, 0.4) is 0 Å². The molecular formula is C10H16O7. The second kappa shape index (κ2) is 7.61. The average Bonchev–Trinajstić information content (AvgIpc) is 2.25. The molecule has 0 rings (SSSR count). The van der Waals surface area contributed by atoms with Crippen LogP contribution >= 0.6 is 0 Å². The van der Waals surface area contributed by atoms with Crippen molar-refractivity contribution in [1.82, 2.24) is 0 Å². The maximum atomic E-state index is 11.4. The van der Waals surface area contributed by atoms with Crippen molar-refractivity contribution < 1.29 is 34.1 Å². The summed E-state index contributed by atoms with van der Waals surface area (Å²) < 4.78 is 9.09. The summed E-state index contributed by atoms with van der Waals surface area (Å²) in [7, 11) is 0. The van der Waals surface area contributed by atoms with E-state index in [1.807, 2.05) is 0 Å². The summed E-state index contributed by atoms with van der Waals surface area (Å²) in [6, 6.07) is 0. The second-order valence-corrected chi connectivity index (χ2v) is 3.15. The normalized spacial score (nSPS) is 13.6. The molecule has 0 amide bonds. The van der Waals surface area contributed by atoms with E-state index >= 15 is 0 Å². The first-order valence-corrected chi connectivity index (χ1v) is 5.17. The predicted octanol–water partition coefficient (Wildman–Crippen LogP) is -0.436. The van der Waals surface area contributed by atoms with Gasteiger partial charge in [0.15, 0.2) is 6.10 Å². The van der Waals surface area contributed by atoms with E-state index in [1.165, 1.54) is 13.8 Å². The van der Waals surface area contributed by atoms with Crippen LogP contribution < -0.4 is 0 Å². The van der Waals surface area contributed by atoms with Crippen LogP contribution in [0.25, 0.3) is 0 Å². The van der Waals surface area contributed by atoms with Crippen molar-refractivity contribution in [3.63, 3.8) is 0 Å². The molecule has 0 aromatic carbocycles. The minimum absolute atomic E-state index is 0.0263. The van der Waals surface area contributed by atoms with Gasteiger partial charge in [-0.15, -0.1) is 0 Å². The summed E-state index contributed by atoms with van der Waals surface area (Å²) in [5.41, 5.74) is 0. The number of aliphatic carboxylic acids is 1. The van der Waals surface area contributed by atoms with E-state index < -0.39 is 36.4 Å². The third-order valence-electron chi connectivity index (χ3n) is 1.89. The molecule has 2 N–H and O–H groups in total. The lowest BCUT2D eigenvalue weighted by Gasteiger charge is -2.18. The standard InChI is InChI=1S/C10H16O7/c1-3-16-9(14)6(5-7(11)12)8(13)10(15)17-4-2/h6,8,13H,3-5H2,1-2H3,(H,11,12). The summed E-state index contributed by atoms with van der Waals surface area (Å²) in [6.45, 7) is 3.12. The summed E-state index contributed by atoms with van der Waals surface area (Å²) in [4.78, 5) is 33.1. The van der Waals surface area contributed by atoms with Crippen molar-refractivity contribution in [3.8, 4) is 0 Å². The van der Waals surface area contributed by atoms with E-state index in [9.17, 15) is 19.5 Å². The van der Waals surface area contributed by atoms with Gasteiger partial charge in [-0.2, -0.15) is 0 Å². The third kappa shape index (κ3) is 5.30. The van der Waals surface area contributed by atoms with Crippen molar-refractivity contribution in [2.24, 2.45) is 5.92 Å². The zero-order valence-corrected chi connectivity index (χ0v) is 9.71. The third-order valence-corrected chi connectivity index (χ3v) is 1.89. The average molecular weight is 248 g/mol. The van der Waals surface area contributed by atoms with Crippen molar-refractivity contribution in [2.45, 2.75) is 26.4 Å². The van der Waals surface area contributed by atoms with Gasteiger partial charge in [-0.3, -0.25) is 9.59 Å². The molecule has 0 saturated heterocycles. The minimum atomic E-state index is -1.83. The van der Waals surface area contributed by atoms with E-state index in [0.717, 1.165) is 0 Å². The lowest BCUT2D eigenvalue weighted by Crippen LogP contribution is -2.38. The molecule has 2 atom stereocenters. The molecular weight excluding hydrogens is 232 g/mol. The molecule has 0 aliphatic heterocycles. The van der Waals surface area contributed by atoms with Crippen molar-refractivity contribution in [2.75, 3.05) is 13.2 Å². The number of carbonyl (C=O) groups excluding carboxylic acids is 2. The van der Waals surface area contributed by atoms with Crippen LogP contribution in [0, 0.1) is 5.92 Å². The Labute approximate surface area is 98.3 Å². The number of carboxylic acid groups (broad SMARTS) is 1. The topological polar surface area (TPSA) is 110 Å². The first-order valence-electron chi connectivity index (χ1n) is 5.17. The molecule has 0 aromatic heterocycles. The maximum absolute atomic E-state index is 11.4. The highest BCUT2D eigenvalue weighted by molar-refractivity contribution is 5.86. The van der Waals surface area contributed by atoms with E-state index in [1.54, 1.807) is 0 Å². The monoisotopic (exact) mass is 248 g/mol. The number of carbonyl (C=O) groups is 3. The SMILES string of the molecule is CCOC(=O)C(O)C(CC(=O)O)C(=O)OCC. The highest BCUT2D eigenvalue weighted by Crippen LogP contribution is 2.13. The lowest BCUT2D eigenvalue weighted by molar-refractivity contribution is -0.168. The summed E-state index contributed by atoms with van der Waals surface area (Å²) in [5.74, 6) is -4.74. The van der Waals surface area contributed by atoms with E-state index in [0.29, 0.717) is 0 Å². The van der Waals surface area contributed by atoms with Gasteiger partial charge in [-0.25, -0.2) is 4.79 Å². The Bertz CT molecular complexity index is 286. The summed E-state index contributed by atoms with van der Waals surface area (Å²) >= 11 is 0. The number of hydrogen-bond acceptors (Lipinski definition) is 6.